The normalized spacial score (nSPS) is 19.7. The molecular weight excluding hydrogens is 423 g/mol. The van der Waals surface area contributed by atoms with E-state index in [4.69, 9.17) is 5.73 Å². The van der Waals surface area contributed by atoms with Gasteiger partial charge < -0.3 is 15.6 Å². The summed E-state index contributed by atoms with van der Waals surface area (Å²) in [5.41, 5.74) is 8.75. The topological polar surface area (TPSA) is 64.4 Å². The van der Waals surface area contributed by atoms with Crippen LogP contribution in [0.4, 0.5) is 15.2 Å². The molecule has 5 rings (SSSR count). The first-order valence-electron chi connectivity index (χ1n) is 11.8. The van der Waals surface area contributed by atoms with E-state index in [9.17, 15) is 4.39 Å². The van der Waals surface area contributed by atoms with E-state index in [0.29, 0.717) is 16.7 Å². The lowest BCUT2D eigenvalue weighted by atomic mass is 9.96. The first kappa shape index (κ1) is 21.7. The minimum Gasteiger partial charge on any atom is -0.375 e. The fraction of sp³-hybridized carbons (Fsp3) is 0.542. The van der Waals surface area contributed by atoms with Crippen LogP contribution in [0.5, 0.6) is 0 Å². The van der Waals surface area contributed by atoms with Crippen molar-refractivity contribution >= 4 is 33.1 Å². The summed E-state index contributed by atoms with van der Waals surface area (Å²) in [5.74, 6) is -0.168. The summed E-state index contributed by atoms with van der Waals surface area (Å²) in [5, 5.41) is 1.65. The quantitative estimate of drug-likeness (QED) is 0.567. The Hall–Kier alpha value is -2.16. The molecule has 2 aromatic heterocycles. The molecule has 0 spiro atoms. The molecule has 0 bridgehead atoms. The lowest BCUT2D eigenvalue weighted by Gasteiger charge is -2.39. The second kappa shape index (κ2) is 9.37. The number of aryl methyl sites for hydroxylation is 1. The van der Waals surface area contributed by atoms with Gasteiger partial charge in [-0.1, -0.05) is 6.92 Å². The van der Waals surface area contributed by atoms with Crippen molar-refractivity contribution in [2.45, 2.75) is 38.6 Å². The van der Waals surface area contributed by atoms with Crippen LogP contribution >= 0.6 is 11.3 Å². The van der Waals surface area contributed by atoms with E-state index in [1.54, 1.807) is 23.6 Å². The SMILES string of the molecule is CCCN(CCN1CCN(c2cc(F)c3[nH]ccc3c2)CC1)[C@H]1CCc2nc(N)sc2C1. The van der Waals surface area contributed by atoms with Gasteiger partial charge in [0.25, 0.3) is 0 Å². The monoisotopic (exact) mass is 456 g/mol. The van der Waals surface area contributed by atoms with Gasteiger partial charge >= 0.3 is 0 Å². The van der Waals surface area contributed by atoms with Gasteiger partial charge in [-0.25, -0.2) is 9.37 Å². The molecule has 172 valence electrons. The summed E-state index contributed by atoms with van der Waals surface area (Å²) in [6, 6.07) is 6.30. The Kier molecular flexibility index (Phi) is 6.35. The summed E-state index contributed by atoms with van der Waals surface area (Å²) in [6.45, 7) is 9.53. The Balaban J connectivity index is 1.15. The number of nitrogen functional groups attached to an aromatic ring is 1. The zero-order chi connectivity index (χ0) is 22.1. The van der Waals surface area contributed by atoms with E-state index in [1.807, 2.05) is 6.07 Å². The van der Waals surface area contributed by atoms with E-state index in [0.717, 1.165) is 69.7 Å². The fourth-order valence-electron chi connectivity index (χ4n) is 5.25. The van der Waals surface area contributed by atoms with Crippen LogP contribution in [-0.2, 0) is 12.8 Å². The van der Waals surface area contributed by atoms with Crippen LogP contribution in [0.25, 0.3) is 10.9 Å². The van der Waals surface area contributed by atoms with Gasteiger partial charge in [0.1, 0.15) is 5.82 Å². The molecule has 1 atom stereocenters. The van der Waals surface area contributed by atoms with Crippen LogP contribution in [0.1, 0.15) is 30.3 Å². The van der Waals surface area contributed by atoms with E-state index in [1.165, 1.54) is 23.4 Å². The Morgan fingerprint density at radius 2 is 2.09 bits per heavy atom. The molecule has 3 N–H and O–H groups in total. The smallest absolute Gasteiger partial charge is 0.180 e. The van der Waals surface area contributed by atoms with Crippen molar-refractivity contribution < 1.29 is 4.39 Å². The molecule has 1 aliphatic carbocycles. The largest absolute Gasteiger partial charge is 0.375 e. The van der Waals surface area contributed by atoms with Crippen molar-refractivity contribution in [3.8, 4) is 0 Å². The molecule has 0 amide bonds. The maximum atomic E-state index is 14.4. The second-order valence-corrected chi connectivity index (χ2v) is 10.2. The zero-order valence-corrected chi connectivity index (χ0v) is 19.6. The summed E-state index contributed by atoms with van der Waals surface area (Å²) >= 11 is 1.67. The zero-order valence-electron chi connectivity index (χ0n) is 18.8. The number of nitrogens with zero attached hydrogens (tertiary/aromatic N) is 4. The Bertz CT molecular complexity index is 1050. The van der Waals surface area contributed by atoms with Gasteiger partial charge in [0.05, 0.1) is 11.2 Å². The van der Waals surface area contributed by atoms with Gasteiger partial charge in [0.15, 0.2) is 5.13 Å². The summed E-state index contributed by atoms with van der Waals surface area (Å²) in [4.78, 5) is 16.4. The van der Waals surface area contributed by atoms with Crippen molar-refractivity contribution in [1.82, 2.24) is 19.8 Å². The number of benzene rings is 1. The highest BCUT2D eigenvalue weighted by Gasteiger charge is 2.27. The molecule has 0 radical (unpaired) electrons. The third kappa shape index (κ3) is 4.49. The van der Waals surface area contributed by atoms with Crippen LogP contribution in [0.2, 0.25) is 0 Å². The second-order valence-electron chi connectivity index (χ2n) is 9.05. The minimum atomic E-state index is -0.168. The van der Waals surface area contributed by atoms with Gasteiger partial charge in [-0.3, -0.25) is 9.80 Å². The number of piperazine rings is 1. The molecule has 1 aliphatic heterocycles. The molecule has 3 heterocycles. The molecule has 1 saturated heterocycles. The predicted octanol–water partition coefficient (Wildman–Crippen LogP) is 3.74. The number of rotatable bonds is 7. The van der Waals surface area contributed by atoms with Crippen LogP contribution in [0, 0.1) is 5.82 Å². The highest BCUT2D eigenvalue weighted by Crippen LogP contribution is 2.30. The fourth-order valence-corrected chi connectivity index (χ4v) is 6.20. The number of nitrogens with two attached hydrogens (primary N) is 1. The standard InChI is InChI=1S/C24H33FN6S/c1-2-7-30(18-3-4-21-22(16-18)32-24(26)28-21)11-8-29-9-12-31(13-10-29)19-14-17-5-6-27-23(17)20(25)15-19/h5-6,14-15,18,27H,2-4,7-13,16H2,1H3,(H2,26,28)/t18-/m0/s1. The number of aromatic amines is 1. The molecule has 0 saturated carbocycles. The maximum Gasteiger partial charge on any atom is 0.180 e. The lowest BCUT2D eigenvalue weighted by molar-refractivity contribution is 0.146. The number of halogens is 1. The van der Waals surface area contributed by atoms with E-state index < -0.39 is 0 Å². The molecule has 2 aliphatic rings. The molecular formula is C24H33FN6S. The predicted molar refractivity (Wildman–Crippen MR) is 131 cm³/mol. The van der Waals surface area contributed by atoms with Gasteiger partial charge in [0.2, 0.25) is 0 Å². The highest BCUT2D eigenvalue weighted by atomic mass is 32.1. The molecule has 1 fully saturated rings. The van der Waals surface area contributed by atoms with Crippen LogP contribution in [-0.4, -0.2) is 71.6 Å². The molecule has 3 aromatic rings. The number of nitrogens with one attached hydrogen (secondary N) is 1. The van der Waals surface area contributed by atoms with Gasteiger partial charge in [-0.05, 0) is 50.4 Å². The number of hydrogen-bond acceptors (Lipinski definition) is 6. The van der Waals surface area contributed by atoms with Gasteiger partial charge in [-0.2, -0.15) is 0 Å². The Labute approximate surface area is 193 Å². The Morgan fingerprint density at radius 1 is 1.25 bits per heavy atom. The van der Waals surface area contributed by atoms with Gasteiger partial charge in [0, 0.05) is 67.5 Å². The van der Waals surface area contributed by atoms with Crippen LogP contribution < -0.4 is 10.6 Å². The number of fused-ring (bicyclic) bond motifs is 2. The van der Waals surface area contributed by atoms with Crippen molar-refractivity contribution in [3.05, 3.63) is 40.8 Å². The summed E-state index contributed by atoms with van der Waals surface area (Å²) in [7, 11) is 0. The van der Waals surface area contributed by atoms with Crippen molar-refractivity contribution in [3.63, 3.8) is 0 Å². The van der Waals surface area contributed by atoms with Crippen molar-refractivity contribution in [2.75, 3.05) is 56.4 Å². The first-order chi connectivity index (χ1) is 15.6. The number of aromatic nitrogens is 2. The molecule has 6 nitrogen and oxygen atoms in total. The van der Waals surface area contributed by atoms with Crippen molar-refractivity contribution in [2.24, 2.45) is 0 Å². The average molecular weight is 457 g/mol. The molecule has 8 heteroatoms. The number of H-pyrrole nitrogens is 1. The highest BCUT2D eigenvalue weighted by molar-refractivity contribution is 7.15. The van der Waals surface area contributed by atoms with Crippen molar-refractivity contribution in [1.29, 1.82) is 0 Å². The van der Waals surface area contributed by atoms with E-state index >= 15 is 0 Å². The van der Waals surface area contributed by atoms with E-state index in [-0.39, 0.29) is 5.82 Å². The third-order valence-electron chi connectivity index (χ3n) is 6.99. The molecule has 1 aromatic carbocycles. The lowest BCUT2D eigenvalue weighted by Crippen LogP contribution is -2.50. The number of anilines is 2. The number of thiazole rings is 1. The third-order valence-corrected chi connectivity index (χ3v) is 7.94. The van der Waals surface area contributed by atoms with Crippen LogP contribution in [0.15, 0.2) is 24.4 Å². The Morgan fingerprint density at radius 3 is 2.91 bits per heavy atom. The van der Waals surface area contributed by atoms with E-state index in [2.05, 4.69) is 37.7 Å². The van der Waals surface area contributed by atoms with Gasteiger partial charge in [-0.15, -0.1) is 11.3 Å². The molecule has 32 heavy (non-hydrogen) atoms. The average Bonchev–Trinajstić information content (AvgIpc) is 3.42. The summed E-state index contributed by atoms with van der Waals surface area (Å²) < 4.78 is 14.4. The molecule has 0 unspecified atom stereocenters. The summed E-state index contributed by atoms with van der Waals surface area (Å²) in [6.07, 6.45) is 6.29. The number of hydrogen-bond donors (Lipinski definition) is 2. The maximum absolute atomic E-state index is 14.4. The van der Waals surface area contributed by atoms with Crippen LogP contribution in [0.3, 0.4) is 0 Å². The first-order valence-corrected chi connectivity index (χ1v) is 12.6. The minimum absolute atomic E-state index is 0.168.